The van der Waals surface area contributed by atoms with Crippen molar-refractivity contribution in [3.63, 3.8) is 0 Å². The highest BCUT2D eigenvalue weighted by Gasteiger charge is 2.12. The summed E-state index contributed by atoms with van der Waals surface area (Å²) in [5.74, 6) is 0. The smallest absolute Gasteiger partial charge is 0.0412 e. The fraction of sp³-hybridized carbons (Fsp3) is 0.375. The van der Waals surface area contributed by atoms with E-state index in [0.717, 1.165) is 5.02 Å². The molecule has 1 heterocycles. The second-order valence-corrected chi connectivity index (χ2v) is 6.34. The first kappa shape index (κ1) is 14.6. The number of hydrogen-bond acceptors (Lipinski definition) is 2. The molecule has 1 aromatic carbocycles. The van der Waals surface area contributed by atoms with Crippen molar-refractivity contribution >= 4 is 22.9 Å². The number of hydrogen-bond donors (Lipinski definition) is 1. The third-order valence-electron chi connectivity index (χ3n) is 3.35. The molecule has 1 unspecified atom stereocenters. The van der Waals surface area contributed by atoms with Crippen LogP contribution in [0, 0.1) is 6.92 Å². The Morgan fingerprint density at radius 3 is 2.68 bits per heavy atom. The molecule has 0 spiro atoms. The van der Waals surface area contributed by atoms with Gasteiger partial charge in [-0.15, -0.1) is 11.3 Å². The Balaban J connectivity index is 2.29. The summed E-state index contributed by atoms with van der Waals surface area (Å²) in [7, 11) is 2.03. The molecule has 0 aliphatic carbocycles. The van der Waals surface area contributed by atoms with Gasteiger partial charge in [0.2, 0.25) is 0 Å². The Hall–Kier alpha value is -0.830. The van der Waals surface area contributed by atoms with Gasteiger partial charge in [-0.3, -0.25) is 0 Å². The third-order valence-corrected chi connectivity index (χ3v) is 4.82. The molecule has 2 aromatic rings. The molecule has 1 nitrogen and oxygen atoms in total. The van der Waals surface area contributed by atoms with Crippen molar-refractivity contribution in [3.8, 4) is 10.4 Å². The molecule has 0 bridgehead atoms. The average Bonchev–Trinajstić information content (AvgIpc) is 2.85. The van der Waals surface area contributed by atoms with Gasteiger partial charge in [0.15, 0.2) is 0 Å². The van der Waals surface area contributed by atoms with Gasteiger partial charge in [0.25, 0.3) is 0 Å². The first-order chi connectivity index (χ1) is 9.15. The Labute approximate surface area is 124 Å². The van der Waals surface area contributed by atoms with E-state index in [1.54, 1.807) is 0 Å². The minimum atomic E-state index is 0.469. The van der Waals surface area contributed by atoms with E-state index < -0.39 is 0 Å². The number of aryl methyl sites for hydroxylation is 1. The summed E-state index contributed by atoms with van der Waals surface area (Å²) in [6, 6.07) is 11.0. The van der Waals surface area contributed by atoms with Gasteiger partial charge < -0.3 is 5.32 Å². The third kappa shape index (κ3) is 3.38. The van der Waals surface area contributed by atoms with Crippen LogP contribution in [-0.2, 0) is 0 Å². The van der Waals surface area contributed by atoms with Gasteiger partial charge >= 0.3 is 0 Å². The highest BCUT2D eigenvalue weighted by molar-refractivity contribution is 7.15. The van der Waals surface area contributed by atoms with Crippen molar-refractivity contribution in [2.24, 2.45) is 0 Å². The quantitative estimate of drug-likeness (QED) is 0.774. The minimum Gasteiger partial charge on any atom is -0.312 e. The highest BCUT2D eigenvalue weighted by Crippen LogP contribution is 2.35. The molecule has 19 heavy (non-hydrogen) atoms. The summed E-state index contributed by atoms with van der Waals surface area (Å²) < 4.78 is 0. The van der Waals surface area contributed by atoms with Gasteiger partial charge in [0, 0.05) is 20.8 Å². The molecule has 0 saturated heterocycles. The fourth-order valence-corrected chi connectivity index (χ4v) is 3.78. The lowest BCUT2D eigenvalue weighted by atomic mass is 10.1. The lowest BCUT2D eigenvalue weighted by molar-refractivity contribution is 0.550. The van der Waals surface area contributed by atoms with E-state index in [1.807, 2.05) is 30.5 Å². The van der Waals surface area contributed by atoms with Crippen LogP contribution in [0.4, 0.5) is 0 Å². The SMILES string of the molecule is CCCC(NC)c1ccc(-c2ccc(Cl)cc2C)s1. The van der Waals surface area contributed by atoms with E-state index in [2.05, 4.69) is 37.4 Å². The van der Waals surface area contributed by atoms with Gasteiger partial charge in [0.1, 0.15) is 0 Å². The Bertz CT molecular complexity index is 547. The summed E-state index contributed by atoms with van der Waals surface area (Å²) in [6.07, 6.45) is 2.37. The van der Waals surface area contributed by atoms with E-state index in [4.69, 9.17) is 11.6 Å². The predicted molar refractivity (Wildman–Crippen MR) is 86.2 cm³/mol. The van der Waals surface area contributed by atoms with E-state index in [-0.39, 0.29) is 0 Å². The predicted octanol–water partition coefficient (Wildman–Crippen LogP) is 5.44. The second kappa shape index (κ2) is 6.56. The monoisotopic (exact) mass is 293 g/mol. The Kier molecular flexibility index (Phi) is 5.03. The lowest BCUT2D eigenvalue weighted by Crippen LogP contribution is -2.14. The average molecular weight is 294 g/mol. The summed E-state index contributed by atoms with van der Waals surface area (Å²) in [6.45, 7) is 4.34. The molecule has 0 aliphatic heterocycles. The lowest BCUT2D eigenvalue weighted by Gasteiger charge is -2.12. The van der Waals surface area contributed by atoms with Crippen LogP contribution in [0.3, 0.4) is 0 Å². The van der Waals surface area contributed by atoms with Crippen LogP contribution in [0.2, 0.25) is 5.02 Å². The van der Waals surface area contributed by atoms with E-state index in [0.29, 0.717) is 6.04 Å². The zero-order chi connectivity index (χ0) is 13.8. The first-order valence-electron chi connectivity index (χ1n) is 6.69. The molecule has 0 radical (unpaired) electrons. The molecule has 102 valence electrons. The number of halogens is 1. The molecular weight excluding hydrogens is 274 g/mol. The van der Waals surface area contributed by atoms with E-state index in [1.165, 1.54) is 33.7 Å². The van der Waals surface area contributed by atoms with Crippen molar-refractivity contribution in [2.45, 2.75) is 32.7 Å². The summed E-state index contributed by atoms with van der Waals surface area (Å²) in [5, 5.41) is 4.20. The number of benzene rings is 1. The van der Waals surface area contributed by atoms with Crippen LogP contribution < -0.4 is 5.32 Å². The Morgan fingerprint density at radius 1 is 1.26 bits per heavy atom. The van der Waals surface area contributed by atoms with Crippen LogP contribution in [0.25, 0.3) is 10.4 Å². The van der Waals surface area contributed by atoms with Crippen LogP contribution >= 0.6 is 22.9 Å². The summed E-state index contributed by atoms with van der Waals surface area (Å²) >= 11 is 7.89. The number of nitrogens with one attached hydrogen (secondary N) is 1. The zero-order valence-corrected chi connectivity index (χ0v) is 13.2. The zero-order valence-electron chi connectivity index (χ0n) is 11.7. The molecule has 1 N–H and O–H groups in total. The number of thiophene rings is 1. The van der Waals surface area contributed by atoms with Gasteiger partial charge in [-0.2, -0.15) is 0 Å². The minimum absolute atomic E-state index is 0.469. The molecule has 0 saturated carbocycles. The fourth-order valence-electron chi connectivity index (χ4n) is 2.31. The molecule has 2 rings (SSSR count). The van der Waals surface area contributed by atoms with Crippen molar-refractivity contribution in [2.75, 3.05) is 7.05 Å². The van der Waals surface area contributed by atoms with Gasteiger partial charge in [0.05, 0.1) is 0 Å². The largest absolute Gasteiger partial charge is 0.312 e. The molecule has 1 aromatic heterocycles. The maximum absolute atomic E-state index is 6.02. The van der Waals surface area contributed by atoms with Crippen LogP contribution in [0.15, 0.2) is 30.3 Å². The number of rotatable bonds is 5. The highest BCUT2D eigenvalue weighted by atomic mass is 35.5. The molecule has 1 atom stereocenters. The topological polar surface area (TPSA) is 12.0 Å². The molecular formula is C16H20ClNS. The van der Waals surface area contributed by atoms with Gasteiger partial charge in [-0.05, 0) is 55.8 Å². The van der Waals surface area contributed by atoms with Crippen LogP contribution in [0.1, 0.15) is 36.2 Å². The van der Waals surface area contributed by atoms with Crippen molar-refractivity contribution in [1.82, 2.24) is 5.32 Å². The molecule has 0 amide bonds. The van der Waals surface area contributed by atoms with Crippen molar-refractivity contribution < 1.29 is 0 Å². The normalized spacial score (nSPS) is 12.6. The molecule has 0 fully saturated rings. The van der Waals surface area contributed by atoms with Crippen molar-refractivity contribution in [3.05, 3.63) is 45.8 Å². The Morgan fingerprint density at radius 2 is 2.05 bits per heavy atom. The summed E-state index contributed by atoms with van der Waals surface area (Å²) in [4.78, 5) is 2.73. The molecule has 0 aliphatic rings. The van der Waals surface area contributed by atoms with Crippen LogP contribution in [0.5, 0.6) is 0 Å². The van der Waals surface area contributed by atoms with E-state index >= 15 is 0 Å². The standard InChI is InChI=1S/C16H20ClNS/c1-4-5-14(18-3)16-9-8-15(19-16)13-7-6-12(17)10-11(13)2/h6-10,14,18H,4-5H2,1-3H3. The van der Waals surface area contributed by atoms with Gasteiger partial charge in [-0.25, -0.2) is 0 Å². The maximum Gasteiger partial charge on any atom is 0.0412 e. The van der Waals surface area contributed by atoms with Crippen LogP contribution in [-0.4, -0.2) is 7.05 Å². The first-order valence-corrected chi connectivity index (χ1v) is 7.88. The second-order valence-electron chi connectivity index (χ2n) is 4.79. The maximum atomic E-state index is 6.02. The van der Waals surface area contributed by atoms with Crippen molar-refractivity contribution in [1.29, 1.82) is 0 Å². The summed E-state index contributed by atoms with van der Waals surface area (Å²) in [5.41, 5.74) is 2.52. The van der Waals surface area contributed by atoms with E-state index in [9.17, 15) is 0 Å². The van der Waals surface area contributed by atoms with Gasteiger partial charge in [-0.1, -0.05) is 31.0 Å². The molecule has 3 heteroatoms.